The van der Waals surface area contributed by atoms with Crippen molar-refractivity contribution in [2.45, 2.75) is 12.5 Å². The second-order valence-corrected chi connectivity index (χ2v) is 2.97. The van der Waals surface area contributed by atoms with Gasteiger partial charge in [-0.2, -0.15) is 0 Å². The minimum absolute atomic E-state index is 0. The molecule has 1 aromatic carbocycles. The van der Waals surface area contributed by atoms with E-state index in [0.717, 1.165) is 0 Å². The number of carbonyl (C=O) groups is 1. The van der Waals surface area contributed by atoms with Crippen molar-refractivity contribution in [3.63, 3.8) is 0 Å². The van der Waals surface area contributed by atoms with Crippen LogP contribution in [-0.4, -0.2) is 27.3 Å². The minimum Gasteiger partial charge on any atom is -0.504 e. The normalized spacial score (nSPS) is 11.5. The van der Waals surface area contributed by atoms with Gasteiger partial charge in [-0.05, 0) is 24.1 Å². The first kappa shape index (κ1) is 13.8. The molecule has 0 radical (unpaired) electrons. The molecule has 0 amide bonds. The van der Waals surface area contributed by atoms with Crippen LogP contribution in [0, 0.1) is 0 Å². The molecule has 0 bridgehead atoms. The maximum atomic E-state index is 10.4. The summed E-state index contributed by atoms with van der Waals surface area (Å²) < 4.78 is 0. The van der Waals surface area contributed by atoms with E-state index in [-0.39, 0.29) is 35.0 Å². The van der Waals surface area contributed by atoms with Crippen molar-refractivity contribution in [1.29, 1.82) is 0 Å². The third-order valence-corrected chi connectivity index (χ3v) is 1.81. The Labute approximate surface area is 97.0 Å². The second-order valence-electron chi connectivity index (χ2n) is 2.97. The van der Waals surface area contributed by atoms with E-state index >= 15 is 0 Å². The van der Waals surface area contributed by atoms with Gasteiger partial charge >= 0.3 is 5.97 Å². The number of nitrogens with two attached hydrogens (primary N) is 1. The van der Waals surface area contributed by atoms with E-state index in [1.165, 1.54) is 18.2 Å². The predicted molar refractivity (Wildman–Crippen MR) is 49.1 cm³/mol. The zero-order chi connectivity index (χ0) is 10.7. The van der Waals surface area contributed by atoms with Crippen LogP contribution < -0.4 is 5.73 Å². The van der Waals surface area contributed by atoms with Gasteiger partial charge in [0, 0.05) is 17.1 Å². The molecular formula is C9H11FeNO4. The third kappa shape index (κ3) is 3.79. The fourth-order valence-electron chi connectivity index (χ4n) is 1.04. The first-order valence-corrected chi connectivity index (χ1v) is 4.00. The molecule has 5 nitrogen and oxygen atoms in total. The maximum absolute atomic E-state index is 10.4. The zero-order valence-electron chi connectivity index (χ0n) is 7.70. The number of benzene rings is 1. The Bertz CT molecular complexity index is 356. The van der Waals surface area contributed by atoms with Crippen molar-refractivity contribution < 1.29 is 37.2 Å². The molecule has 1 atom stereocenters. The van der Waals surface area contributed by atoms with E-state index in [0.29, 0.717) is 5.56 Å². The van der Waals surface area contributed by atoms with E-state index in [9.17, 15) is 4.79 Å². The maximum Gasteiger partial charge on any atom is 0.320 e. The van der Waals surface area contributed by atoms with Gasteiger partial charge in [0.05, 0.1) is 0 Å². The van der Waals surface area contributed by atoms with Crippen LogP contribution in [0.4, 0.5) is 0 Å². The Morgan fingerprint density at radius 3 is 2.40 bits per heavy atom. The standard InChI is InChI=1S/C9H11NO4.Fe/c10-6(9(13)14)3-5-1-2-7(11)8(12)4-5;/h1-2,4,6,11-12H,3,10H2,(H,13,14);. The van der Waals surface area contributed by atoms with Crippen molar-refractivity contribution in [1.82, 2.24) is 0 Å². The summed E-state index contributed by atoms with van der Waals surface area (Å²) in [5.74, 6) is -1.62. The molecule has 1 aromatic rings. The molecule has 0 aromatic heterocycles. The first-order valence-electron chi connectivity index (χ1n) is 4.00. The summed E-state index contributed by atoms with van der Waals surface area (Å²) in [5, 5.41) is 26.6. The molecule has 0 heterocycles. The Hall–Kier alpha value is -1.23. The summed E-state index contributed by atoms with van der Waals surface area (Å²) in [6.45, 7) is 0. The third-order valence-electron chi connectivity index (χ3n) is 1.81. The molecular weight excluding hydrogens is 242 g/mol. The summed E-state index contributed by atoms with van der Waals surface area (Å²) in [6, 6.07) is 3.09. The second kappa shape index (κ2) is 5.60. The van der Waals surface area contributed by atoms with Gasteiger partial charge in [0.15, 0.2) is 11.5 Å². The average molecular weight is 253 g/mol. The van der Waals surface area contributed by atoms with Gasteiger partial charge in [0.1, 0.15) is 6.04 Å². The smallest absolute Gasteiger partial charge is 0.320 e. The number of aliphatic carboxylic acids is 1. The Morgan fingerprint density at radius 2 is 1.93 bits per heavy atom. The Kier molecular flexibility index (Phi) is 5.14. The van der Waals surface area contributed by atoms with Crippen molar-refractivity contribution in [3.8, 4) is 11.5 Å². The van der Waals surface area contributed by atoms with Crippen LogP contribution in [0.1, 0.15) is 5.56 Å². The number of carboxylic acids is 1. The van der Waals surface area contributed by atoms with Crippen LogP contribution in [-0.2, 0) is 28.3 Å². The summed E-state index contributed by atoms with van der Waals surface area (Å²) in [6.07, 6.45) is 0.114. The Balaban J connectivity index is 0.00000196. The van der Waals surface area contributed by atoms with Gasteiger partial charge in [0.25, 0.3) is 0 Å². The van der Waals surface area contributed by atoms with Gasteiger partial charge in [-0.25, -0.2) is 0 Å². The number of carboxylic acid groups (broad SMARTS) is 1. The van der Waals surface area contributed by atoms with Gasteiger partial charge in [-0.15, -0.1) is 0 Å². The molecule has 0 saturated heterocycles. The summed E-state index contributed by atoms with van der Waals surface area (Å²) >= 11 is 0. The molecule has 6 heteroatoms. The van der Waals surface area contributed by atoms with Crippen molar-refractivity contribution in [2.75, 3.05) is 0 Å². The van der Waals surface area contributed by atoms with E-state index in [4.69, 9.17) is 21.1 Å². The number of hydrogen-bond donors (Lipinski definition) is 4. The van der Waals surface area contributed by atoms with E-state index in [1.54, 1.807) is 0 Å². The molecule has 84 valence electrons. The molecule has 15 heavy (non-hydrogen) atoms. The SMILES string of the molecule is NC(Cc1ccc(O)c(O)c1)C(=O)O.[Fe]. The van der Waals surface area contributed by atoms with Crippen LogP contribution in [0.5, 0.6) is 11.5 Å². The number of rotatable bonds is 3. The fourth-order valence-corrected chi connectivity index (χ4v) is 1.04. The zero-order valence-corrected chi connectivity index (χ0v) is 8.80. The van der Waals surface area contributed by atoms with Gasteiger partial charge < -0.3 is 21.1 Å². The van der Waals surface area contributed by atoms with E-state index in [1.807, 2.05) is 0 Å². The van der Waals surface area contributed by atoms with Crippen LogP contribution in [0.3, 0.4) is 0 Å². The van der Waals surface area contributed by atoms with Crippen LogP contribution in [0.2, 0.25) is 0 Å². The molecule has 0 spiro atoms. The van der Waals surface area contributed by atoms with Crippen molar-refractivity contribution in [2.24, 2.45) is 5.73 Å². The molecule has 0 fully saturated rings. The minimum atomic E-state index is -1.10. The summed E-state index contributed by atoms with van der Waals surface area (Å²) in [7, 11) is 0. The summed E-state index contributed by atoms with van der Waals surface area (Å²) in [5.41, 5.74) is 5.86. The number of hydrogen-bond acceptors (Lipinski definition) is 4. The molecule has 0 aliphatic heterocycles. The summed E-state index contributed by atoms with van der Waals surface area (Å²) in [4.78, 5) is 10.4. The fraction of sp³-hybridized carbons (Fsp3) is 0.222. The average Bonchev–Trinajstić information content (AvgIpc) is 2.11. The molecule has 1 rings (SSSR count). The first-order chi connectivity index (χ1) is 6.50. The number of phenols is 2. The molecule has 5 N–H and O–H groups in total. The Morgan fingerprint density at radius 1 is 1.33 bits per heavy atom. The molecule has 0 aliphatic rings. The monoisotopic (exact) mass is 253 g/mol. The number of phenolic OH excluding ortho intramolecular Hbond substituents is 2. The van der Waals surface area contributed by atoms with Crippen LogP contribution >= 0.6 is 0 Å². The van der Waals surface area contributed by atoms with Gasteiger partial charge in [-0.1, -0.05) is 6.07 Å². The van der Waals surface area contributed by atoms with Gasteiger partial charge in [-0.3, -0.25) is 4.79 Å². The quantitative estimate of drug-likeness (QED) is 0.450. The van der Waals surface area contributed by atoms with E-state index in [2.05, 4.69) is 0 Å². The van der Waals surface area contributed by atoms with E-state index < -0.39 is 12.0 Å². The van der Waals surface area contributed by atoms with Crippen LogP contribution in [0.15, 0.2) is 18.2 Å². The van der Waals surface area contributed by atoms with Crippen LogP contribution in [0.25, 0.3) is 0 Å². The molecule has 1 unspecified atom stereocenters. The molecule has 0 saturated carbocycles. The van der Waals surface area contributed by atoms with Crippen molar-refractivity contribution in [3.05, 3.63) is 23.8 Å². The van der Waals surface area contributed by atoms with Gasteiger partial charge in [0.2, 0.25) is 0 Å². The largest absolute Gasteiger partial charge is 0.504 e. The van der Waals surface area contributed by atoms with Crippen molar-refractivity contribution >= 4 is 5.97 Å². The number of aromatic hydroxyl groups is 2. The topological polar surface area (TPSA) is 104 Å². The molecule has 0 aliphatic carbocycles. The predicted octanol–water partition coefficient (Wildman–Crippen LogP) is 0.0497.